The van der Waals surface area contributed by atoms with Crippen LogP contribution < -0.4 is 10.6 Å². The highest BCUT2D eigenvalue weighted by Gasteiger charge is 2.27. The van der Waals surface area contributed by atoms with Gasteiger partial charge in [0.1, 0.15) is 0 Å². The van der Waals surface area contributed by atoms with Crippen molar-refractivity contribution < 1.29 is 4.57 Å². The summed E-state index contributed by atoms with van der Waals surface area (Å²) in [6, 6.07) is 29.2. The van der Waals surface area contributed by atoms with Crippen LogP contribution in [0.2, 0.25) is 0 Å². The molecule has 0 atom stereocenters. The van der Waals surface area contributed by atoms with Gasteiger partial charge in [0.2, 0.25) is 7.29 Å². The lowest BCUT2D eigenvalue weighted by molar-refractivity contribution is 0.588. The molecule has 0 amide bonds. The van der Waals surface area contributed by atoms with Crippen molar-refractivity contribution in [3.63, 3.8) is 0 Å². The van der Waals surface area contributed by atoms with Crippen LogP contribution in [0.3, 0.4) is 0 Å². The average Bonchev–Trinajstić information content (AvgIpc) is 2.69. The van der Waals surface area contributed by atoms with Gasteiger partial charge in [0.25, 0.3) is 0 Å². The summed E-state index contributed by atoms with van der Waals surface area (Å²) < 4.78 is 19.0. The summed E-state index contributed by atoms with van der Waals surface area (Å²) in [5.41, 5.74) is 1.94. The quantitative estimate of drug-likeness (QED) is 0.445. The van der Waals surface area contributed by atoms with Crippen LogP contribution in [0.25, 0.3) is 0 Å². The topological polar surface area (TPSA) is 29.4 Å². The Kier molecular flexibility index (Phi) is 5.63. The Bertz CT molecular complexity index is 830. The molecule has 0 N–H and O–H groups in total. The minimum Gasteiger partial charge on any atom is -0.288 e. The molecule has 0 heterocycles. The zero-order chi connectivity index (χ0) is 17.5. The van der Waals surface area contributed by atoms with E-state index in [1.807, 2.05) is 91.0 Å². The van der Waals surface area contributed by atoms with Gasteiger partial charge in [0.15, 0.2) is 0 Å². The molecule has 0 fully saturated rings. The van der Waals surface area contributed by atoms with Gasteiger partial charge in [-0.05, 0) is 36.2 Å². The fourth-order valence-electron chi connectivity index (χ4n) is 2.81. The second-order valence-corrected chi connectivity index (χ2v) is 8.29. The molecule has 3 aromatic carbocycles. The first kappa shape index (κ1) is 17.4. The highest BCUT2D eigenvalue weighted by molar-refractivity contribution is 7.77. The molecule has 0 aliphatic rings. The van der Waals surface area contributed by atoms with Crippen molar-refractivity contribution in [3.05, 3.63) is 96.6 Å². The largest absolute Gasteiger partial charge is 0.288 e. The van der Waals surface area contributed by atoms with Gasteiger partial charge in [-0.1, -0.05) is 80.1 Å². The molecule has 0 aliphatic heterocycles. The molecule has 0 aliphatic carbocycles. The molecule has 0 unspecified atom stereocenters. The maximum atomic E-state index is 14.1. The number of benzene rings is 3. The smallest absolute Gasteiger partial charge is 0.247 e. The van der Waals surface area contributed by atoms with Crippen molar-refractivity contribution in [1.82, 2.24) is 0 Å². The SMILES string of the molecule is CCC/C(=N\P(=O)(c1ccccc1)c1ccccc1)c1ccccc1. The predicted octanol–water partition coefficient (Wildman–Crippen LogP) is 5.20. The van der Waals surface area contributed by atoms with E-state index in [1.54, 1.807) is 0 Å². The average molecular weight is 347 g/mol. The van der Waals surface area contributed by atoms with Gasteiger partial charge in [-0.2, -0.15) is 0 Å². The van der Waals surface area contributed by atoms with Gasteiger partial charge in [-0.15, -0.1) is 0 Å². The Labute approximate surface area is 149 Å². The molecular weight excluding hydrogens is 325 g/mol. The van der Waals surface area contributed by atoms with E-state index in [2.05, 4.69) is 6.92 Å². The molecule has 0 radical (unpaired) electrons. The van der Waals surface area contributed by atoms with Crippen LogP contribution in [0, 0.1) is 0 Å². The van der Waals surface area contributed by atoms with Crippen LogP contribution in [0.15, 0.2) is 95.8 Å². The van der Waals surface area contributed by atoms with E-state index >= 15 is 0 Å². The van der Waals surface area contributed by atoms with Crippen LogP contribution in [-0.2, 0) is 4.57 Å². The summed E-state index contributed by atoms with van der Waals surface area (Å²) in [6.45, 7) is 2.12. The highest BCUT2D eigenvalue weighted by Crippen LogP contribution is 2.45. The standard InChI is InChI=1S/C22H22NOP/c1-2-12-22(19-13-6-3-7-14-19)23-25(24,20-15-8-4-9-16-20)21-17-10-5-11-18-21/h3-11,13-18H,2,12H2,1H3/b23-22+. The third-order valence-corrected chi connectivity index (χ3v) is 6.59. The molecule has 0 spiro atoms. The number of hydrogen-bond donors (Lipinski definition) is 0. The minimum absolute atomic E-state index is 0.769. The Morgan fingerprint density at radius 3 is 1.64 bits per heavy atom. The second-order valence-electron chi connectivity index (χ2n) is 5.91. The highest BCUT2D eigenvalue weighted by atomic mass is 31.2. The fraction of sp³-hybridized carbons (Fsp3) is 0.136. The fourth-order valence-corrected chi connectivity index (χ4v) is 5.05. The third-order valence-electron chi connectivity index (χ3n) is 4.07. The van der Waals surface area contributed by atoms with Crippen LogP contribution in [0.4, 0.5) is 0 Å². The lowest BCUT2D eigenvalue weighted by atomic mass is 10.1. The van der Waals surface area contributed by atoms with Gasteiger partial charge in [-0.3, -0.25) is 4.57 Å². The van der Waals surface area contributed by atoms with Crippen molar-refractivity contribution in [1.29, 1.82) is 0 Å². The van der Waals surface area contributed by atoms with Gasteiger partial charge >= 0.3 is 0 Å². The summed E-state index contributed by atoms with van der Waals surface area (Å²) in [7, 11) is -3.09. The van der Waals surface area contributed by atoms with E-state index in [0.717, 1.165) is 34.7 Å². The minimum atomic E-state index is -3.09. The molecule has 3 aromatic rings. The van der Waals surface area contributed by atoms with Crippen LogP contribution in [0.1, 0.15) is 25.3 Å². The lowest BCUT2D eigenvalue weighted by Crippen LogP contribution is -2.16. The Balaban J connectivity index is 2.19. The third kappa shape index (κ3) is 3.97. The number of hydrogen-bond acceptors (Lipinski definition) is 1. The Morgan fingerprint density at radius 1 is 0.760 bits per heavy atom. The molecular formula is C22H22NOP. The van der Waals surface area contributed by atoms with Crippen LogP contribution in [-0.4, -0.2) is 5.71 Å². The second kappa shape index (κ2) is 8.09. The maximum Gasteiger partial charge on any atom is 0.247 e. The summed E-state index contributed by atoms with van der Waals surface area (Å²) in [5, 5.41) is 1.54. The predicted molar refractivity (Wildman–Crippen MR) is 108 cm³/mol. The zero-order valence-electron chi connectivity index (χ0n) is 14.4. The molecule has 3 heteroatoms. The van der Waals surface area contributed by atoms with E-state index in [4.69, 9.17) is 4.76 Å². The molecule has 2 nitrogen and oxygen atoms in total. The molecule has 0 bridgehead atoms. The first-order valence-electron chi connectivity index (χ1n) is 8.60. The molecule has 25 heavy (non-hydrogen) atoms. The van der Waals surface area contributed by atoms with E-state index in [-0.39, 0.29) is 0 Å². The molecule has 0 saturated carbocycles. The summed E-state index contributed by atoms with van der Waals surface area (Å²) in [6.07, 6.45) is 1.75. The number of nitrogens with zero attached hydrogens (tertiary/aromatic N) is 1. The van der Waals surface area contributed by atoms with Crippen molar-refractivity contribution >= 4 is 23.6 Å². The number of rotatable bonds is 6. The van der Waals surface area contributed by atoms with Gasteiger partial charge in [0, 0.05) is 10.6 Å². The van der Waals surface area contributed by atoms with E-state index < -0.39 is 7.29 Å². The lowest BCUT2D eigenvalue weighted by Gasteiger charge is -2.17. The van der Waals surface area contributed by atoms with Crippen LogP contribution >= 0.6 is 7.29 Å². The first-order chi connectivity index (χ1) is 12.2. The van der Waals surface area contributed by atoms with E-state index in [9.17, 15) is 4.57 Å². The summed E-state index contributed by atoms with van der Waals surface area (Å²) in [4.78, 5) is 0. The van der Waals surface area contributed by atoms with Crippen molar-refractivity contribution in [3.8, 4) is 0 Å². The van der Waals surface area contributed by atoms with Crippen molar-refractivity contribution in [2.75, 3.05) is 0 Å². The van der Waals surface area contributed by atoms with Crippen molar-refractivity contribution in [2.45, 2.75) is 19.8 Å². The molecule has 3 rings (SSSR count). The van der Waals surface area contributed by atoms with E-state index in [1.165, 1.54) is 0 Å². The molecule has 126 valence electrons. The van der Waals surface area contributed by atoms with Gasteiger partial charge in [-0.25, -0.2) is 4.76 Å². The summed E-state index contributed by atoms with van der Waals surface area (Å²) in [5.74, 6) is 0. The molecule has 0 saturated heterocycles. The molecule has 0 aromatic heterocycles. The Hall–Kier alpha value is -2.44. The maximum absolute atomic E-state index is 14.1. The van der Waals surface area contributed by atoms with Crippen LogP contribution in [0.5, 0.6) is 0 Å². The van der Waals surface area contributed by atoms with Gasteiger partial charge in [0.05, 0.1) is 5.71 Å². The monoisotopic (exact) mass is 347 g/mol. The Morgan fingerprint density at radius 2 is 1.20 bits per heavy atom. The van der Waals surface area contributed by atoms with E-state index in [0.29, 0.717) is 0 Å². The summed E-state index contributed by atoms with van der Waals surface area (Å²) >= 11 is 0. The normalized spacial score (nSPS) is 12.1. The first-order valence-corrected chi connectivity index (χ1v) is 10.3. The zero-order valence-corrected chi connectivity index (χ0v) is 15.3. The van der Waals surface area contributed by atoms with Crippen molar-refractivity contribution in [2.24, 2.45) is 4.76 Å². The van der Waals surface area contributed by atoms with Gasteiger partial charge < -0.3 is 0 Å².